The molecule has 13 heteroatoms. The van der Waals surface area contributed by atoms with Crippen molar-refractivity contribution in [3.63, 3.8) is 0 Å². The van der Waals surface area contributed by atoms with Crippen LogP contribution in [0.25, 0.3) is 22.2 Å². The number of ether oxygens (including phenoxy) is 1. The van der Waals surface area contributed by atoms with Crippen molar-refractivity contribution in [2.24, 2.45) is 0 Å². The lowest BCUT2D eigenvalue weighted by atomic mass is 10.1. The molecule has 0 saturated carbocycles. The number of rotatable bonds is 8. The van der Waals surface area contributed by atoms with Crippen LogP contribution in [0.15, 0.2) is 61.2 Å². The van der Waals surface area contributed by atoms with Crippen LogP contribution in [0.3, 0.4) is 0 Å². The fourth-order valence-corrected chi connectivity index (χ4v) is 4.83. The molecule has 40 heavy (non-hydrogen) atoms. The third kappa shape index (κ3) is 4.66. The zero-order valence-electron chi connectivity index (χ0n) is 21.4. The number of nitrogens with zero attached hydrogens (tertiary/aromatic N) is 5. The minimum absolute atomic E-state index is 0.175. The number of anilines is 1. The predicted octanol–water partition coefficient (Wildman–Crippen LogP) is 1.57. The first-order valence-corrected chi connectivity index (χ1v) is 12.6. The van der Waals surface area contributed by atoms with Crippen LogP contribution in [0.2, 0.25) is 0 Å². The van der Waals surface area contributed by atoms with Gasteiger partial charge in [0.05, 0.1) is 30.5 Å². The number of aromatic nitrogens is 6. The average Bonchev–Trinajstić information content (AvgIpc) is 3.67. The van der Waals surface area contributed by atoms with E-state index in [1.807, 2.05) is 24.3 Å². The fourth-order valence-electron chi connectivity index (χ4n) is 4.83. The molecule has 0 aliphatic carbocycles. The van der Waals surface area contributed by atoms with Gasteiger partial charge in [-0.3, -0.25) is 14.2 Å². The molecule has 1 aliphatic rings. The van der Waals surface area contributed by atoms with E-state index in [0.717, 1.165) is 16.9 Å². The fraction of sp³-hybridized carbons (Fsp3) is 0.259. The summed E-state index contributed by atoms with van der Waals surface area (Å²) in [5.74, 6) is 0.498. The Morgan fingerprint density at radius 3 is 2.73 bits per heavy atom. The first kappa shape index (κ1) is 25.6. The standard InChI is InChI=1S/C27H26N8O5/c1-14(37)15-5-4-6-16(9-15)26(39)34-21-23(38)19(11-36)40-27(21)35-13-31-22-24(29-12-30-25(22)35)28-10-20-32-17-7-2-3-8-18(17)33-20/h2-9,12-13,19,21,23,27,36,38H,10-11H2,1H3,(H,32,33)(H,34,39)(H,28,29,30)/t19-,21-,23-,27-/m1/s1. The van der Waals surface area contributed by atoms with E-state index < -0.39 is 37.0 Å². The van der Waals surface area contributed by atoms with E-state index in [0.29, 0.717) is 29.1 Å². The highest BCUT2D eigenvalue weighted by Gasteiger charge is 2.46. The summed E-state index contributed by atoms with van der Waals surface area (Å²) in [6.07, 6.45) is -0.255. The summed E-state index contributed by atoms with van der Waals surface area (Å²) in [4.78, 5) is 45.9. The van der Waals surface area contributed by atoms with Gasteiger partial charge in [0.25, 0.3) is 5.91 Å². The van der Waals surface area contributed by atoms with Gasteiger partial charge in [0, 0.05) is 11.1 Å². The molecule has 5 N–H and O–H groups in total. The van der Waals surface area contributed by atoms with Crippen molar-refractivity contribution in [1.82, 2.24) is 34.8 Å². The molecule has 0 spiro atoms. The summed E-state index contributed by atoms with van der Waals surface area (Å²) in [5, 5.41) is 26.7. The van der Waals surface area contributed by atoms with E-state index in [1.165, 1.54) is 25.6 Å². The van der Waals surface area contributed by atoms with Gasteiger partial charge in [-0.25, -0.2) is 19.9 Å². The predicted molar refractivity (Wildman–Crippen MR) is 143 cm³/mol. The lowest BCUT2D eigenvalue weighted by molar-refractivity contribution is -0.0440. The number of aliphatic hydroxyl groups excluding tert-OH is 2. The van der Waals surface area contributed by atoms with E-state index in [4.69, 9.17) is 4.74 Å². The second-order valence-electron chi connectivity index (χ2n) is 9.48. The second kappa shape index (κ2) is 10.4. The lowest BCUT2D eigenvalue weighted by Crippen LogP contribution is -2.46. The molecule has 4 atom stereocenters. The molecule has 1 saturated heterocycles. The summed E-state index contributed by atoms with van der Waals surface area (Å²) in [5.41, 5.74) is 3.27. The van der Waals surface area contributed by atoms with Gasteiger partial charge < -0.3 is 30.6 Å². The molecule has 5 aromatic rings. The summed E-state index contributed by atoms with van der Waals surface area (Å²) in [7, 11) is 0. The normalized spacial score (nSPS) is 20.7. The number of aliphatic hydroxyl groups is 2. The minimum atomic E-state index is -1.22. The number of hydrogen-bond acceptors (Lipinski definition) is 10. The highest BCUT2D eigenvalue weighted by molar-refractivity contribution is 5.99. The van der Waals surface area contributed by atoms with Crippen LogP contribution < -0.4 is 10.6 Å². The third-order valence-electron chi connectivity index (χ3n) is 6.87. The maximum absolute atomic E-state index is 13.1. The molecule has 0 unspecified atom stereocenters. The number of Topliss-reactive ketones (excluding diaryl/α,β-unsaturated/α-hetero) is 1. The van der Waals surface area contributed by atoms with Crippen LogP contribution in [0.4, 0.5) is 5.82 Å². The molecule has 1 aliphatic heterocycles. The summed E-state index contributed by atoms with van der Waals surface area (Å²) < 4.78 is 7.53. The molecule has 3 aromatic heterocycles. The van der Waals surface area contributed by atoms with Crippen molar-refractivity contribution < 1.29 is 24.5 Å². The molecule has 1 fully saturated rings. The van der Waals surface area contributed by atoms with E-state index in [1.54, 1.807) is 22.8 Å². The summed E-state index contributed by atoms with van der Waals surface area (Å²) >= 11 is 0. The zero-order chi connectivity index (χ0) is 27.8. The number of nitrogens with one attached hydrogen (secondary N) is 3. The topological polar surface area (TPSA) is 180 Å². The van der Waals surface area contributed by atoms with Crippen LogP contribution in [-0.2, 0) is 11.3 Å². The van der Waals surface area contributed by atoms with Gasteiger partial charge in [-0.15, -0.1) is 0 Å². The Balaban J connectivity index is 1.26. The van der Waals surface area contributed by atoms with Gasteiger partial charge in [-0.05, 0) is 31.2 Å². The number of carbonyl (C=O) groups is 2. The van der Waals surface area contributed by atoms with E-state index in [9.17, 15) is 19.8 Å². The van der Waals surface area contributed by atoms with E-state index in [2.05, 4.69) is 35.6 Å². The van der Waals surface area contributed by atoms with Crippen molar-refractivity contribution in [1.29, 1.82) is 0 Å². The quantitative estimate of drug-likeness (QED) is 0.181. The molecule has 2 aromatic carbocycles. The monoisotopic (exact) mass is 542 g/mol. The Kier molecular flexibility index (Phi) is 6.67. The molecule has 4 heterocycles. The molecule has 0 radical (unpaired) electrons. The van der Waals surface area contributed by atoms with Gasteiger partial charge >= 0.3 is 0 Å². The highest BCUT2D eigenvalue weighted by atomic mass is 16.5. The van der Waals surface area contributed by atoms with Gasteiger partial charge in [-0.2, -0.15) is 0 Å². The number of para-hydroxylation sites is 2. The van der Waals surface area contributed by atoms with Crippen molar-refractivity contribution in [2.45, 2.75) is 37.9 Å². The Morgan fingerprint density at radius 1 is 1.10 bits per heavy atom. The Bertz CT molecular complexity index is 1680. The van der Waals surface area contributed by atoms with Crippen LogP contribution in [0.1, 0.15) is 39.7 Å². The third-order valence-corrected chi connectivity index (χ3v) is 6.87. The van der Waals surface area contributed by atoms with Crippen LogP contribution >= 0.6 is 0 Å². The van der Waals surface area contributed by atoms with Crippen molar-refractivity contribution in [3.8, 4) is 0 Å². The largest absolute Gasteiger partial charge is 0.394 e. The highest BCUT2D eigenvalue weighted by Crippen LogP contribution is 2.32. The number of ketones is 1. The number of H-pyrrole nitrogens is 1. The number of amides is 1. The Labute approximate surface area is 227 Å². The maximum Gasteiger partial charge on any atom is 0.251 e. The van der Waals surface area contributed by atoms with Gasteiger partial charge in [0.15, 0.2) is 29.0 Å². The van der Waals surface area contributed by atoms with Crippen molar-refractivity contribution >= 4 is 39.7 Å². The molecule has 0 bridgehead atoms. The Morgan fingerprint density at radius 2 is 1.93 bits per heavy atom. The van der Waals surface area contributed by atoms with Crippen LogP contribution in [-0.4, -0.2) is 76.2 Å². The van der Waals surface area contributed by atoms with Crippen LogP contribution in [0, 0.1) is 0 Å². The smallest absolute Gasteiger partial charge is 0.251 e. The van der Waals surface area contributed by atoms with E-state index in [-0.39, 0.29) is 11.3 Å². The molecule has 204 valence electrons. The molecular formula is C27H26N8O5. The number of imidazole rings is 2. The molecule has 13 nitrogen and oxygen atoms in total. The molecule has 6 rings (SSSR count). The zero-order valence-corrected chi connectivity index (χ0v) is 21.4. The number of hydrogen-bond donors (Lipinski definition) is 5. The first-order valence-electron chi connectivity index (χ1n) is 12.6. The minimum Gasteiger partial charge on any atom is -0.394 e. The SMILES string of the molecule is CC(=O)c1cccc(C(=O)N[C@@H]2[C@H](O)[C@@H](CO)O[C@H]2n2cnc3c(NCc4nc5ccccc5[nH]4)ncnc32)c1. The van der Waals surface area contributed by atoms with Crippen LogP contribution in [0.5, 0.6) is 0 Å². The van der Waals surface area contributed by atoms with Crippen molar-refractivity contribution in [2.75, 3.05) is 11.9 Å². The number of carbonyl (C=O) groups excluding carboxylic acids is 2. The molecule has 1 amide bonds. The van der Waals surface area contributed by atoms with Gasteiger partial charge in [0.2, 0.25) is 0 Å². The molecular weight excluding hydrogens is 516 g/mol. The van der Waals surface area contributed by atoms with Crippen molar-refractivity contribution in [3.05, 3.63) is 78.1 Å². The number of aromatic amines is 1. The van der Waals surface area contributed by atoms with Gasteiger partial charge in [-0.1, -0.05) is 24.3 Å². The first-order chi connectivity index (χ1) is 19.4. The summed E-state index contributed by atoms with van der Waals surface area (Å²) in [6, 6.07) is 13.1. The Hall–Kier alpha value is -4.72. The second-order valence-corrected chi connectivity index (χ2v) is 9.48. The summed E-state index contributed by atoms with van der Waals surface area (Å²) in [6.45, 7) is 1.31. The average molecular weight is 543 g/mol. The number of benzene rings is 2. The van der Waals surface area contributed by atoms with Gasteiger partial charge in [0.1, 0.15) is 30.4 Å². The number of fused-ring (bicyclic) bond motifs is 2. The van der Waals surface area contributed by atoms with E-state index >= 15 is 0 Å². The lowest BCUT2D eigenvalue weighted by Gasteiger charge is -2.23. The maximum atomic E-state index is 13.1.